The van der Waals surface area contributed by atoms with Gasteiger partial charge in [0.25, 0.3) is 0 Å². The molecule has 0 aromatic carbocycles. The van der Waals surface area contributed by atoms with E-state index in [1.807, 2.05) is 6.82 Å². The Bertz CT molecular complexity index is 710. The van der Waals surface area contributed by atoms with Crippen LogP contribution in [0.25, 0.3) is 0 Å². The molecule has 4 saturated carbocycles. The fourth-order valence-electron chi connectivity index (χ4n) is 8.33. The van der Waals surface area contributed by atoms with Crippen molar-refractivity contribution in [2.75, 3.05) is 7.05 Å². The van der Waals surface area contributed by atoms with Crippen LogP contribution in [0.4, 0.5) is 0 Å². The zero-order valence-electron chi connectivity index (χ0n) is 14.4. The largest absolute Gasteiger partial charge is 0.333 e. The van der Waals surface area contributed by atoms with E-state index in [1.165, 1.54) is 9.71 Å². The molecule has 6 nitrogen and oxygen atoms in total. The smallest absolute Gasteiger partial charge is 0.246 e. The van der Waals surface area contributed by atoms with Crippen molar-refractivity contribution in [3.63, 3.8) is 0 Å². The van der Waals surface area contributed by atoms with Gasteiger partial charge in [-0.3, -0.25) is 24.1 Å². The van der Waals surface area contributed by atoms with E-state index >= 15 is 0 Å². The lowest BCUT2D eigenvalue weighted by molar-refractivity contribution is -0.139. The monoisotopic (exact) mass is 340 g/mol. The second-order valence-electron chi connectivity index (χ2n) is 9.04. The van der Waals surface area contributed by atoms with Gasteiger partial charge >= 0.3 is 0 Å². The normalized spacial score (nSPS) is 54.6. The van der Waals surface area contributed by atoms with Crippen molar-refractivity contribution in [3.05, 3.63) is 0 Å². The molecule has 4 bridgehead atoms. The summed E-state index contributed by atoms with van der Waals surface area (Å²) in [4.78, 5) is 53.5. The highest BCUT2D eigenvalue weighted by Crippen LogP contribution is 2.74. The minimum Gasteiger partial charge on any atom is -0.333 e. The van der Waals surface area contributed by atoms with Crippen molar-refractivity contribution < 1.29 is 19.2 Å². The van der Waals surface area contributed by atoms with Gasteiger partial charge in [0.05, 0.1) is 23.7 Å². The van der Waals surface area contributed by atoms with E-state index in [0.717, 1.165) is 12.8 Å². The first kappa shape index (κ1) is 14.5. The van der Waals surface area contributed by atoms with E-state index in [0.29, 0.717) is 19.3 Å². The molecule has 0 N–H and O–H groups in total. The molecule has 6 rings (SSSR count). The summed E-state index contributed by atoms with van der Waals surface area (Å²) in [6, 6.07) is 0. The molecule has 130 valence electrons. The molecule has 0 aromatic heterocycles. The maximum atomic E-state index is 12.8. The SMILES string of the molecule is CBN1C(=O)[C@@H]2[C@H](C1=O)[C@@H]1C[C@H]2C2C1[C@H]1C[C@@H]2[C@@H]2C(=O)N(C)C(=O)[C@@H]21. The fourth-order valence-corrected chi connectivity index (χ4v) is 8.33. The summed E-state index contributed by atoms with van der Waals surface area (Å²) in [6.07, 6.45) is 1.90. The number of hydrogen-bond acceptors (Lipinski definition) is 4. The van der Waals surface area contributed by atoms with Gasteiger partial charge in [0.15, 0.2) is 0 Å². The topological polar surface area (TPSA) is 74.8 Å². The maximum Gasteiger partial charge on any atom is 0.246 e. The highest BCUT2D eigenvalue weighted by Gasteiger charge is 2.76. The Balaban J connectivity index is 1.42. The Morgan fingerprint density at radius 3 is 1.44 bits per heavy atom. The molecular formula is C18H21BN2O4. The zero-order chi connectivity index (χ0) is 17.4. The Labute approximate surface area is 146 Å². The lowest BCUT2D eigenvalue weighted by atomic mass is 9.59. The maximum absolute atomic E-state index is 12.8. The van der Waals surface area contributed by atoms with E-state index in [2.05, 4.69) is 0 Å². The summed E-state index contributed by atoms with van der Waals surface area (Å²) in [6.45, 7) is 1.86. The summed E-state index contributed by atoms with van der Waals surface area (Å²) < 4.78 is 0. The molecule has 6 aliphatic rings. The standard InChI is InChI=1S/C18H21BN2O4/c1-19-21-17(24)13-7-4-8(14(13)18(21)25)10-6-3-5(9(7)10)11-12(6)16(23)20(2)15(11)22/h5-14,19H,3-4H2,1-2H3/t5-,6+,7-,8+,9?,10?,11-,12+,13-,14+. The number of rotatable bonds is 1. The third-order valence-corrected chi connectivity index (χ3v) is 8.78. The highest BCUT2D eigenvalue weighted by molar-refractivity contribution is 6.43. The molecule has 2 saturated heterocycles. The molecule has 0 radical (unpaired) electrons. The summed E-state index contributed by atoms with van der Waals surface area (Å²) >= 11 is 0. The van der Waals surface area contributed by atoms with Gasteiger partial charge in [-0.05, 0) is 48.3 Å². The Kier molecular flexibility index (Phi) is 2.43. The molecule has 0 aromatic rings. The van der Waals surface area contributed by atoms with Gasteiger partial charge in [0, 0.05) is 7.05 Å². The van der Waals surface area contributed by atoms with Gasteiger partial charge in [0.1, 0.15) is 0 Å². The third kappa shape index (κ3) is 1.30. The lowest BCUT2D eigenvalue weighted by Gasteiger charge is -2.42. The molecular weight excluding hydrogens is 319 g/mol. The van der Waals surface area contributed by atoms with Crippen molar-refractivity contribution in [1.82, 2.24) is 9.71 Å². The van der Waals surface area contributed by atoms with Crippen LogP contribution in [0.1, 0.15) is 12.8 Å². The molecule has 4 aliphatic carbocycles. The second kappa shape index (κ2) is 4.18. The van der Waals surface area contributed by atoms with E-state index < -0.39 is 0 Å². The van der Waals surface area contributed by atoms with E-state index in [1.54, 1.807) is 7.05 Å². The minimum atomic E-state index is -0.156. The van der Waals surface area contributed by atoms with Crippen LogP contribution in [-0.2, 0) is 19.2 Å². The number of likely N-dealkylation sites (tertiary alicyclic amines) is 1. The average Bonchev–Trinajstić information content (AvgIpc) is 3.37. The van der Waals surface area contributed by atoms with Gasteiger partial charge in [-0.2, -0.15) is 0 Å². The van der Waals surface area contributed by atoms with Crippen LogP contribution in [0.5, 0.6) is 0 Å². The number of fused-ring (bicyclic) bond motifs is 15. The average molecular weight is 340 g/mol. The molecule has 2 heterocycles. The first-order valence-corrected chi connectivity index (χ1v) is 9.64. The van der Waals surface area contributed by atoms with Crippen molar-refractivity contribution in [2.24, 2.45) is 59.2 Å². The predicted octanol–water partition coefficient (Wildman–Crippen LogP) is -0.250. The molecule has 2 unspecified atom stereocenters. The number of imide groups is 2. The summed E-state index contributed by atoms with van der Waals surface area (Å²) in [5.74, 6) is 1.14. The Morgan fingerprint density at radius 1 is 0.720 bits per heavy atom. The van der Waals surface area contributed by atoms with E-state index in [-0.39, 0.29) is 71.0 Å². The lowest BCUT2D eigenvalue weighted by Crippen LogP contribution is -2.45. The summed E-state index contributed by atoms with van der Waals surface area (Å²) in [5.41, 5.74) is 0. The molecule has 10 atom stereocenters. The van der Waals surface area contributed by atoms with E-state index in [4.69, 9.17) is 0 Å². The van der Waals surface area contributed by atoms with Gasteiger partial charge < -0.3 is 4.81 Å². The molecule has 7 heteroatoms. The number of hydrogen-bond donors (Lipinski definition) is 0. The van der Waals surface area contributed by atoms with Gasteiger partial charge in [0.2, 0.25) is 31.0 Å². The number of carbonyl (C=O) groups excluding carboxylic acids is 4. The number of carbonyl (C=O) groups is 4. The zero-order valence-corrected chi connectivity index (χ0v) is 14.4. The van der Waals surface area contributed by atoms with Gasteiger partial charge in [-0.1, -0.05) is 6.82 Å². The molecule has 25 heavy (non-hydrogen) atoms. The van der Waals surface area contributed by atoms with Crippen LogP contribution in [-0.4, -0.2) is 47.8 Å². The quantitative estimate of drug-likeness (QED) is 0.375. The third-order valence-electron chi connectivity index (χ3n) is 8.78. The minimum absolute atomic E-state index is 0.00992. The summed E-state index contributed by atoms with van der Waals surface area (Å²) in [7, 11) is 2.06. The van der Waals surface area contributed by atoms with Gasteiger partial charge in [-0.25, -0.2) is 0 Å². The number of nitrogens with zero attached hydrogens (tertiary/aromatic N) is 2. The molecule has 4 amide bonds. The van der Waals surface area contributed by atoms with Crippen LogP contribution < -0.4 is 0 Å². The van der Waals surface area contributed by atoms with Crippen LogP contribution in [0.15, 0.2) is 0 Å². The van der Waals surface area contributed by atoms with Crippen molar-refractivity contribution in [3.8, 4) is 0 Å². The second-order valence-corrected chi connectivity index (χ2v) is 9.04. The van der Waals surface area contributed by atoms with E-state index in [9.17, 15) is 19.2 Å². The van der Waals surface area contributed by atoms with Crippen LogP contribution in [0.3, 0.4) is 0 Å². The van der Waals surface area contributed by atoms with Crippen molar-refractivity contribution >= 4 is 31.0 Å². The summed E-state index contributed by atoms with van der Waals surface area (Å²) in [5, 5.41) is 0. The predicted molar refractivity (Wildman–Crippen MR) is 86.8 cm³/mol. The molecule has 2 aliphatic heterocycles. The number of amides is 4. The Hall–Kier alpha value is -1.66. The highest BCUT2D eigenvalue weighted by atomic mass is 16.2. The van der Waals surface area contributed by atoms with Crippen LogP contribution >= 0.6 is 0 Å². The Morgan fingerprint density at radius 2 is 1.08 bits per heavy atom. The van der Waals surface area contributed by atoms with Gasteiger partial charge in [-0.15, -0.1) is 0 Å². The first-order chi connectivity index (χ1) is 12.0. The first-order valence-electron chi connectivity index (χ1n) is 9.64. The van der Waals surface area contributed by atoms with Crippen LogP contribution in [0.2, 0.25) is 6.82 Å². The van der Waals surface area contributed by atoms with Crippen molar-refractivity contribution in [1.29, 1.82) is 0 Å². The molecule has 6 fully saturated rings. The van der Waals surface area contributed by atoms with Crippen molar-refractivity contribution in [2.45, 2.75) is 19.7 Å². The molecule has 0 spiro atoms. The van der Waals surface area contributed by atoms with Crippen LogP contribution in [0, 0.1) is 59.2 Å². The fraction of sp³-hybridized carbons (Fsp3) is 0.778.